The molecule has 0 saturated heterocycles. The SMILES string of the molecule is COC(=O)C(C)(C)NC(=O)c1ccc(OC)c(S(=O)(=O)NC2CCCC2)c1. The van der Waals surface area contributed by atoms with Gasteiger partial charge in [-0.3, -0.25) is 4.79 Å². The van der Waals surface area contributed by atoms with Gasteiger partial charge in [0, 0.05) is 11.6 Å². The van der Waals surface area contributed by atoms with Crippen LogP contribution in [0, 0.1) is 0 Å². The van der Waals surface area contributed by atoms with Gasteiger partial charge in [0.1, 0.15) is 16.2 Å². The minimum atomic E-state index is -3.85. The third kappa shape index (κ3) is 4.98. The van der Waals surface area contributed by atoms with Crippen LogP contribution in [-0.2, 0) is 19.6 Å². The number of hydrogen-bond donors (Lipinski definition) is 2. The summed E-state index contributed by atoms with van der Waals surface area (Å²) in [6.45, 7) is 3.00. The van der Waals surface area contributed by atoms with E-state index in [1.165, 1.54) is 46.3 Å². The summed E-state index contributed by atoms with van der Waals surface area (Å²) in [6.07, 6.45) is 3.54. The van der Waals surface area contributed by atoms with Crippen molar-refractivity contribution in [3.63, 3.8) is 0 Å². The summed E-state index contributed by atoms with van der Waals surface area (Å²) in [7, 11) is -1.26. The van der Waals surface area contributed by atoms with Crippen LogP contribution in [0.4, 0.5) is 0 Å². The van der Waals surface area contributed by atoms with Gasteiger partial charge in [0.25, 0.3) is 5.91 Å². The highest BCUT2D eigenvalue weighted by Gasteiger charge is 2.32. The first-order valence-corrected chi connectivity index (χ1v) is 10.2. The molecule has 1 saturated carbocycles. The van der Waals surface area contributed by atoms with Crippen molar-refractivity contribution in [3.05, 3.63) is 23.8 Å². The molecule has 8 nitrogen and oxygen atoms in total. The highest BCUT2D eigenvalue weighted by atomic mass is 32.2. The molecule has 0 spiro atoms. The second-order valence-electron chi connectivity index (χ2n) is 7.04. The first-order valence-electron chi connectivity index (χ1n) is 8.72. The summed E-state index contributed by atoms with van der Waals surface area (Å²) in [5.41, 5.74) is -1.16. The van der Waals surface area contributed by atoms with Gasteiger partial charge in [0.2, 0.25) is 10.0 Å². The second-order valence-corrected chi connectivity index (χ2v) is 8.72. The maximum Gasteiger partial charge on any atom is 0.330 e. The van der Waals surface area contributed by atoms with Crippen LogP contribution in [0.25, 0.3) is 0 Å². The Morgan fingerprint density at radius 1 is 1.15 bits per heavy atom. The van der Waals surface area contributed by atoms with E-state index < -0.39 is 27.4 Å². The topological polar surface area (TPSA) is 111 Å². The Balaban J connectivity index is 2.31. The standard InChI is InChI=1S/C18H26N2O6S/c1-18(2,17(22)26-4)19-16(21)12-9-10-14(25-3)15(11-12)27(23,24)20-13-7-5-6-8-13/h9-11,13,20H,5-8H2,1-4H3,(H,19,21). The molecule has 2 rings (SSSR count). The minimum Gasteiger partial charge on any atom is -0.495 e. The number of benzene rings is 1. The molecular formula is C18H26N2O6S. The summed E-state index contributed by atoms with van der Waals surface area (Å²) in [4.78, 5) is 24.2. The third-order valence-electron chi connectivity index (χ3n) is 4.51. The van der Waals surface area contributed by atoms with E-state index in [4.69, 9.17) is 4.74 Å². The second kappa shape index (κ2) is 8.26. The lowest BCUT2D eigenvalue weighted by Crippen LogP contribution is -2.50. The lowest BCUT2D eigenvalue weighted by Gasteiger charge is -2.23. The summed E-state index contributed by atoms with van der Waals surface area (Å²) < 4.78 is 38.1. The van der Waals surface area contributed by atoms with Crippen LogP contribution in [0.1, 0.15) is 49.9 Å². The smallest absolute Gasteiger partial charge is 0.330 e. The van der Waals surface area contributed by atoms with Crippen LogP contribution in [0.3, 0.4) is 0 Å². The predicted molar refractivity (Wildman–Crippen MR) is 99.1 cm³/mol. The van der Waals surface area contributed by atoms with Crippen LogP contribution >= 0.6 is 0 Å². The van der Waals surface area contributed by atoms with Gasteiger partial charge in [-0.05, 0) is 44.9 Å². The van der Waals surface area contributed by atoms with Gasteiger partial charge in [0.05, 0.1) is 14.2 Å². The molecule has 27 heavy (non-hydrogen) atoms. The Morgan fingerprint density at radius 2 is 1.78 bits per heavy atom. The molecule has 150 valence electrons. The van der Waals surface area contributed by atoms with Crippen molar-refractivity contribution in [2.45, 2.75) is 56.0 Å². The third-order valence-corrected chi connectivity index (χ3v) is 6.06. The average molecular weight is 398 g/mol. The molecule has 1 aliphatic carbocycles. The van der Waals surface area contributed by atoms with E-state index in [0.717, 1.165) is 25.7 Å². The first-order chi connectivity index (χ1) is 12.6. The van der Waals surface area contributed by atoms with Crippen LogP contribution in [0.5, 0.6) is 5.75 Å². The molecule has 0 unspecified atom stereocenters. The maximum absolute atomic E-state index is 12.8. The number of hydrogen-bond acceptors (Lipinski definition) is 6. The predicted octanol–water partition coefficient (Wildman–Crippen LogP) is 1.60. The number of nitrogens with one attached hydrogen (secondary N) is 2. The number of carbonyl (C=O) groups excluding carboxylic acids is 2. The molecule has 2 N–H and O–H groups in total. The van der Waals surface area contributed by atoms with Crippen LogP contribution < -0.4 is 14.8 Å². The van der Waals surface area contributed by atoms with E-state index in [1.807, 2.05) is 0 Å². The highest BCUT2D eigenvalue weighted by Crippen LogP contribution is 2.27. The quantitative estimate of drug-likeness (QED) is 0.675. The van der Waals surface area contributed by atoms with Gasteiger partial charge in [-0.1, -0.05) is 12.8 Å². The Kier molecular flexibility index (Phi) is 6.48. The number of rotatable bonds is 7. The number of amides is 1. The lowest BCUT2D eigenvalue weighted by atomic mass is 10.1. The van der Waals surface area contributed by atoms with Gasteiger partial charge < -0.3 is 14.8 Å². The highest BCUT2D eigenvalue weighted by molar-refractivity contribution is 7.89. The van der Waals surface area contributed by atoms with Gasteiger partial charge in [-0.2, -0.15) is 0 Å². The number of sulfonamides is 1. The maximum atomic E-state index is 12.8. The zero-order chi connectivity index (χ0) is 20.2. The van der Waals surface area contributed by atoms with Crippen molar-refractivity contribution >= 4 is 21.9 Å². The van der Waals surface area contributed by atoms with Crippen molar-refractivity contribution in [3.8, 4) is 5.75 Å². The number of carbonyl (C=O) groups is 2. The lowest BCUT2D eigenvalue weighted by molar-refractivity contribution is -0.146. The number of esters is 1. The molecule has 0 radical (unpaired) electrons. The molecule has 0 atom stereocenters. The zero-order valence-corrected chi connectivity index (χ0v) is 16.8. The van der Waals surface area contributed by atoms with Crippen LogP contribution in [0.15, 0.2) is 23.1 Å². The molecule has 0 aliphatic heterocycles. The van der Waals surface area contributed by atoms with Gasteiger partial charge in [-0.15, -0.1) is 0 Å². The molecule has 1 amide bonds. The molecule has 9 heteroatoms. The Hall–Kier alpha value is -2.13. The van der Waals surface area contributed by atoms with Gasteiger partial charge in [0.15, 0.2) is 0 Å². The monoisotopic (exact) mass is 398 g/mol. The van der Waals surface area contributed by atoms with Gasteiger partial charge >= 0.3 is 5.97 Å². The summed E-state index contributed by atoms with van der Waals surface area (Å²) in [6, 6.07) is 3.99. The zero-order valence-electron chi connectivity index (χ0n) is 16.0. The molecule has 1 aliphatic rings. The van der Waals surface area contributed by atoms with E-state index in [0.29, 0.717) is 0 Å². The Labute approximate surface area is 159 Å². The van der Waals surface area contributed by atoms with E-state index in [2.05, 4.69) is 14.8 Å². The fourth-order valence-corrected chi connectivity index (χ4v) is 4.52. The summed E-state index contributed by atoms with van der Waals surface area (Å²) in [5, 5.41) is 2.54. The molecule has 1 aromatic carbocycles. The normalized spacial score (nSPS) is 15.4. The Morgan fingerprint density at radius 3 is 2.33 bits per heavy atom. The van der Waals surface area contributed by atoms with Gasteiger partial charge in [-0.25, -0.2) is 17.9 Å². The first kappa shape index (κ1) is 21.2. The fraction of sp³-hybridized carbons (Fsp3) is 0.556. The molecule has 0 aromatic heterocycles. The summed E-state index contributed by atoms with van der Waals surface area (Å²) in [5.74, 6) is -1.06. The Bertz CT molecular complexity index is 813. The molecule has 0 bridgehead atoms. The van der Waals surface area contributed by atoms with E-state index >= 15 is 0 Å². The summed E-state index contributed by atoms with van der Waals surface area (Å²) >= 11 is 0. The van der Waals surface area contributed by atoms with Crippen molar-refractivity contribution < 1.29 is 27.5 Å². The molecule has 1 aromatic rings. The van der Waals surface area contributed by atoms with Crippen molar-refractivity contribution in [2.24, 2.45) is 0 Å². The van der Waals surface area contributed by atoms with Crippen LogP contribution in [-0.4, -0.2) is 46.1 Å². The largest absolute Gasteiger partial charge is 0.495 e. The van der Waals surface area contributed by atoms with E-state index in [-0.39, 0.29) is 22.3 Å². The van der Waals surface area contributed by atoms with Crippen molar-refractivity contribution in [2.75, 3.05) is 14.2 Å². The van der Waals surface area contributed by atoms with Crippen LogP contribution in [0.2, 0.25) is 0 Å². The van der Waals surface area contributed by atoms with E-state index in [1.54, 1.807) is 0 Å². The van der Waals surface area contributed by atoms with E-state index in [9.17, 15) is 18.0 Å². The molecule has 1 fully saturated rings. The van der Waals surface area contributed by atoms with Crippen molar-refractivity contribution in [1.29, 1.82) is 0 Å². The molecular weight excluding hydrogens is 372 g/mol. The number of methoxy groups -OCH3 is 2. The van der Waals surface area contributed by atoms with Crippen molar-refractivity contribution in [1.82, 2.24) is 10.0 Å². The minimum absolute atomic E-state index is 0.0968. The molecule has 0 heterocycles. The average Bonchev–Trinajstić information content (AvgIpc) is 3.12. The fourth-order valence-electron chi connectivity index (χ4n) is 3.02. The number of ether oxygens (including phenoxy) is 2.